The quantitative estimate of drug-likeness (QED) is 0.270. The monoisotopic (exact) mass is 593 g/mol. The van der Waals surface area contributed by atoms with Crippen molar-refractivity contribution in [3.05, 3.63) is 83.1 Å². The summed E-state index contributed by atoms with van der Waals surface area (Å²) in [5, 5.41) is 12.1. The van der Waals surface area contributed by atoms with Gasteiger partial charge in [-0.25, -0.2) is 0 Å². The van der Waals surface area contributed by atoms with Crippen LogP contribution in [0.4, 0.5) is 11.4 Å². The van der Waals surface area contributed by atoms with Gasteiger partial charge in [-0.3, -0.25) is 14.2 Å². The van der Waals surface area contributed by atoms with Crippen LogP contribution >= 0.6 is 27.7 Å². The van der Waals surface area contributed by atoms with E-state index in [4.69, 9.17) is 9.47 Å². The normalized spacial score (nSPS) is 12.6. The SMILES string of the molecule is CCOc1ccc(-n2c(COc3ccc(Br)cc3)nnc2SCC(=O)N2CC(=O)Nc3ccccc32)cc1. The number of benzene rings is 3. The van der Waals surface area contributed by atoms with E-state index in [1.54, 1.807) is 6.07 Å². The molecular weight excluding hydrogens is 570 g/mol. The number of nitrogens with zero attached hydrogens (tertiary/aromatic N) is 4. The fraction of sp³-hybridized carbons (Fsp3) is 0.185. The molecule has 0 atom stereocenters. The molecule has 1 aliphatic heterocycles. The van der Waals surface area contributed by atoms with E-state index in [-0.39, 0.29) is 30.7 Å². The number of thioether (sulfide) groups is 1. The second-order valence-electron chi connectivity index (χ2n) is 8.24. The number of carbonyl (C=O) groups is 2. The Labute approximate surface area is 232 Å². The van der Waals surface area contributed by atoms with Crippen LogP contribution in [0.3, 0.4) is 0 Å². The van der Waals surface area contributed by atoms with Gasteiger partial charge in [-0.15, -0.1) is 10.2 Å². The molecule has 0 bridgehead atoms. The van der Waals surface area contributed by atoms with Crippen LogP contribution in [-0.2, 0) is 16.2 Å². The molecule has 2 heterocycles. The lowest BCUT2D eigenvalue weighted by atomic mass is 10.2. The lowest BCUT2D eigenvalue weighted by Crippen LogP contribution is -2.43. The highest BCUT2D eigenvalue weighted by atomic mass is 79.9. The Kier molecular flexibility index (Phi) is 7.94. The van der Waals surface area contributed by atoms with Gasteiger partial charge in [0.05, 0.1) is 23.7 Å². The van der Waals surface area contributed by atoms with Crippen LogP contribution in [0.25, 0.3) is 5.69 Å². The fourth-order valence-corrected chi connectivity index (χ4v) is 5.05. The Hall–Kier alpha value is -3.83. The van der Waals surface area contributed by atoms with Crippen LogP contribution in [0, 0.1) is 0 Å². The molecule has 0 saturated carbocycles. The van der Waals surface area contributed by atoms with E-state index < -0.39 is 0 Å². The molecule has 0 aliphatic carbocycles. The first-order chi connectivity index (χ1) is 18.5. The third kappa shape index (κ3) is 5.84. The van der Waals surface area contributed by atoms with Crippen molar-refractivity contribution in [3.8, 4) is 17.2 Å². The Morgan fingerprint density at radius 3 is 2.47 bits per heavy atom. The van der Waals surface area contributed by atoms with Crippen LogP contribution in [-0.4, -0.2) is 45.5 Å². The molecule has 9 nitrogen and oxygen atoms in total. The number of halogens is 1. The van der Waals surface area contributed by atoms with E-state index in [9.17, 15) is 9.59 Å². The minimum absolute atomic E-state index is 0.0335. The number of anilines is 2. The number of hydrogen-bond donors (Lipinski definition) is 1. The fourth-order valence-electron chi connectivity index (χ4n) is 3.94. The first-order valence-electron chi connectivity index (χ1n) is 11.9. The predicted molar refractivity (Wildman–Crippen MR) is 149 cm³/mol. The number of rotatable bonds is 9. The van der Waals surface area contributed by atoms with Gasteiger partial charge in [0.1, 0.15) is 24.7 Å². The second kappa shape index (κ2) is 11.7. The minimum atomic E-state index is -0.230. The number of fused-ring (bicyclic) bond motifs is 1. The summed E-state index contributed by atoms with van der Waals surface area (Å²) in [7, 11) is 0. The molecule has 0 saturated heterocycles. The summed E-state index contributed by atoms with van der Waals surface area (Å²) in [5.74, 6) is 1.67. The average Bonchev–Trinajstić information content (AvgIpc) is 3.34. The number of hydrogen-bond acceptors (Lipinski definition) is 7. The molecule has 194 valence electrons. The van der Waals surface area contributed by atoms with E-state index in [1.165, 1.54) is 16.7 Å². The summed E-state index contributed by atoms with van der Waals surface area (Å²) < 4.78 is 14.4. The van der Waals surface area contributed by atoms with Crippen molar-refractivity contribution in [1.82, 2.24) is 14.8 Å². The van der Waals surface area contributed by atoms with Gasteiger partial charge >= 0.3 is 0 Å². The third-order valence-corrected chi connectivity index (χ3v) is 7.13. The number of amides is 2. The summed E-state index contributed by atoms with van der Waals surface area (Å²) in [4.78, 5) is 26.9. The van der Waals surface area contributed by atoms with E-state index in [1.807, 2.05) is 78.2 Å². The molecule has 5 rings (SSSR count). The molecule has 1 aliphatic rings. The zero-order valence-electron chi connectivity index (χ0n) is 20.5. The maximum absolute atomic E-state index is 13.2. The second-order valence-corrected chi connectivity index (χ2v) is 10.1. The lowest BCUT2D eigenvalue weighted by Gasteiger charge is -2.29. The van der Waals surface area contributed by atoms with Crippen molar-refractivity contribution in [3.63, 3.8) is 0 Å². The molecule has 0 unspecified atom stereocenters. The molecule has 1 aromatic heterocycles. The Balaban J connectivity index is 1.38. The van der Waals surface area contributed by atoms with Crippen LogP contribution in [0.1, 0.15) is 12.7 Å². The molecule has 2 amide bonds. The Morgan fingerprint density at radius 1 is 1.00 bits per heavy atom. The first kappa shape index (κ1) is 25.8. The Morgan fingerprint density at radius 2 is 1.71 bits per heavy atom. The maximum atomic E-state index is 13.2. The van der Waals surface area contributed by atoms with Gasteiger partial charge in [0, 0.05) is 10.2 Å². The van der Waals surface area contributed by atoms with E-state index in [0.717, 1.165) is 15.9 Å². The van der Waals surface area contributed by atoms with Crippen molar-refractivity contribution in [1.29, 1.82) is 0 Å². The van der Waals surface area contributed by atoms with Gasteiger partial charge in [-0.1, -0.05) is 39.8 Å². The largest absolute Gasteiger partial charge is 0.494 e. The summed E-state index contributed by atoms with van der Waals surface area (Å²) in [6, 6.07) is 22.4. The van der Waals surface area contributed by atoms with Crippen LogP contribution < -0.4 is 19.7 Å². The van der Waals surface area contributed by atoms with Gasteiger partial charge in [0.2, 0.25) is 11.8 Å². The van der Waals surface area contributed by atoms with E-state index >= 15 is 0 Å². The molecule has 0 spiro atoms. The minimum Gasteiger partial charge on any atom is -0.494 e. The first-order valence-corrected chi connectivity index (χ1v) is 13.7. The molecule has 11 heteroatoms. The van der Waals surface area contributed by atoms with Crippen molar-refractivity contribution in [2.45, 2.75) is 18.7 Å². The molecule has 0 radical (unpaired) electrons. The van der Waals surface area contributed by atoms with Gasteiger partial charge in [0.25, 0.3) is 0 Å². The van der Waals surface area contributed by atoms with Gasteiger partial charge in [-0.05, 0) is 67.6 Å². The number of ether oxygens (including phenoxy) is 2. The summed E-state index contributed by atoms with van der Waals surface area (Å²) in [6.45, 7) is 2.64. The van der Waals surface area contributed by atoms with E-state index in [2.05, 4.69) is 31.4 Å². The van der Waals surface area contributed by atoms with Crippen molar-refractivity contribution >= 4 is 50.9 Å². The highest BCUT2D eigenvalue weighted by Gasteiger charge is 2.27. The summed E-state index contributed by atoms with van der Waals surface area (Å²) in [6.07, 6.45) is 0. The highest BCUT2D eigenvalue weighted by molar-refractivity contribution is 9.10. The summed E-state index contributed by atoms with van der Waals surface area (Å²) >= 11 is 4.68. The zero-order chi connectivity index (χ0) is 26.5. The number of para-hydroxylation sites is 2. The smallest absolute Gasteiger partial charge is 0.244 e. The van der Waals surface area contributed by atoms with Crippen molar-refractivity contribution in [2.75, 3.05) is 29.1 Å². The standard InChI is InChI=1S/C27H24BrN5O4S/c1-2-36-20-13-9-19(10-14-20)33-24(16-37-21-11-7-18(28)8-12-21)30-31-27(33)38-17-26(35)32-15-25(34)29-22-5-3-4-6-23(22)32/h3-14H,2,15-17H2,1H3,(H,29,34). The predicted octanol–water partition coefficient (Wildman–Crippen LogP) is 5.08. The maximum Gasteiger partial charge on any atom is 0.244 e. The molecule has 4 aromatic rings. The summed E-state index contributed by atoms with van der Waals surface area (Å²) in [5.41, 5.74) is 2.10. The van der Waals surface area contributed by atoms with Crippen LogP contribution in [0.15, 0.2) is 82.4 Å². The number of nitrogens with one attached hydrogen (secondary N) is 1. The molecular formula is C27H24BrN5O4S. The third-order valence-electron chi connectivity index (χ3n) is 5.68. The molecule has 38 heavy (non-hydrogen) atoms. The Bertz CT molecular complexity index is 1440. The number of carbonyl (C=O) groups excluding carboxylic acids is 2. The highest BCUT2D eigenvalue weighted by Crippen LogP contribution is 2.31. The topological polar surface area (TPSA) is 98.6 Å². The molecule has 3 aromatic carbocycles. The van der Waals surface area contributed by atoms with Crippen LogP contribution in [0.2, 0.25) is 0 Å². The van der Waals surface area contributed by atoms with Crippen molar-refractivity contribution in [2.24, 2.45) is 0 Å². The zero-order valence-corrected chi connectivity index (χ0v) is 22.9. The molecule has 1 N–H and O–H groups in total. The average molecular weight is 594 g/mol. The van der Waals surface area contributed by atoms with Gasteiger partial charge in [0.15, 0.2) is 11.0 Å². The van der Waals surface area contributed by atoms with Crippen molar-refractivity contribution < 1.29 is 19.1 Å². The van der Waals surface area contributed by atoms with Gasteiger partial charge in [-0.2, -0.15) is 0 Å². The van der Waals surface area contributed by atoms with Crippen LogP contribution in [0.5, 0.6) is 11.5 Å². The lowest BCUT2D eigenvalue weighted by molar-refractivity contribution is -0.120. The number of aromatic nitrogens is 3. The molecule has 0 fully saturated rings. The van der Waals surface area contributed by atoms with Gasteiger partial charge < -0.3 is 19.7 Å². The van der Waals surface area contributed by atoms with E-state index in [0.29, 0.717) is 34.7 Å².